The summed E-state index contributed by atoms with van der Waals surface area (Å²) in [6, 6.07) is 18.7. The van der Waals surface area contributed by atoms with Gasteiger partial charge < -0.3 is 10.1 Å². The molecule has 1 unspecified atom stereocenters. The van der Waals surface area contributed by atoms with Crippen molar-refractivity contribution in [3.63, 3.8) is 0 Å². The Kier molecular flexibility index (Phi) is 8.62. The highest BCUT2D eigenvalue weighted by Gasteiger charge is 2.14. The predicted octanol–water partition coefficient (Wildman–Crippen LogP) is 4.59. The van der Waals surface area contributed by atoms with Gasteiger partial charge in [-0.1, -0.05) is 65.3 Å². The summed E-state index contributed by atoms with van der Waals surface area (Å²) in [5.74, 6) is 0. The van der Waals surface area contributed by atoms with E-state index in [1.807, 2.05) is 6.07 Å². The molecule has 114 valence electrons. The second kappa shape index (κ2) is 9.96. The van der Waals surface area contributed by atoms with E-state index in [0.717, 1.165) is 17.6 Å². The summed E-state index contributed by atoms with van der Waals surface area (Å²) in [7, 11) is 0. The van der Waals surface area contributed by atoms with E-state index < -0.39 is 0 Å². The predicted molar refractivity (Wildman–Crippen MR) is 94.2 cm³/mol. The lowest BCUT2D eigenvalue weighted by atomic mass is 10.0. The topological polar surface area (TPSA) is 21.3 Å². The fourth-order valence-electron chi connectivity index (χ4n) is 2.08. The molecule has 2 rings (SSSR count). The molecule has 4 heteroatoms. The van der Waals surface area contributed by atoms with Crippen molar-refractivity contribution in [1.82, 2.24) is 5.32 Å². The molecule has 0 radical (unpaired) electrons. The Balaban J connectivity index is 0.00000220. The number of likely N-dealkylation sites (N-methyl/N-ethyl adjacent to an activating group) is 1. The van der Waals surface area contributed by atoms with E-state index in [1.54, 1.807) is 0 Å². The standard InChI is InChI=1S/C17H20BrNO.ClH/c1-2-19-12-13-20-17(14-6-4-3-5-7-14)15-8-10-16(18)11-9-15;/h3-11,17,19H,2,12-13H2,1H3;1H. The van der Waals surface area contributed by atoms with Crippen molar-refractivity contribution in [2.75, 3.05) is 19.7 Å². The first kappa shape index (κ1) is 18.2. The van der Waals surface area contributed by atoms with Gasteiger partial charge in [0.15, 0.2) is 0 Å². The van der Waals surface area contributed by atoms with Crippen LogP contribution in [-0.4, -0.2) is 19.7 Å². The van der Waals surface area contributed by atoms with Crippen molar-refractivity contribution < 1.29 is 4.74 Å². The van der Waals surface area contributed by atoms with Gasteiger partial charge in [-0.05, 0) is 29.8 Å². The zero-order valence-electron chi connectivity index (χ0n) is 12.1. The van der Waals surface area contributed by atoms with Gasteiger partial charge in [0, 0.05) is 11.0 Å². The van der Waals surface area contributed by atoms with Gasteiger partial charge in [0.25, 0.3) is 0 Å². The smallest absolute Gasteiger partial charge is 0.108 e. The zero-order chi connectivity index (χ0) is 14.2. The Morgan fingerprint density at radius 3 is 2.24 bits per heavy atom. The Hall–Kier alpha value is -0.870. The maximum Gasteiger partial charge on any atom is 0.108 e. The van der Waals surface area contributed by atoms with E-state index in [1.165, 1.54) is 11.1 Å². The Labute approximate surface area is 141 Å². The highest BCUT2D eigenvalue weighted by atomic mass is 79.9. The maximum atomic E-state index is 6.08. The molecular formula is C17H21BrClNO. The van der Waals surface area contributed by atoms with Gasteiger partial charge in [-0.15, -0.1) is 12.4 Å². The second-order valence-corrected chi connectivity index (χ2v) is 5.48. The molecule has 0 bridgehead atoms. The summed E-state index contributed by atoms with van der Waals surface area (Å²) in [6.45, 7) is 4.64. The highest BCUT2D eigenvalue weighted by molar-refractivity contribution is 9.10. The molecule has 1 N–H and O–H groups in total. The first-order valence-corrected chi connectivity index (χ1v) is 7.73. The molecule has 2 nitrogen and oxygen atoms in total. The molecule has 0 saturated heterocycles. The Morgan fingerprint density at radius 1 is 1.00 bits per heavy atom. The number of hydrogen-bond donors (Lipinski definition) is 1. The van der Waals surface area contributed by atoms with Gasteiger partial charge in [0.05, 0.1) is 6.61 Å². The number of rotatable bonds is 7. The normalized spacial score (nSPS) is 11.7. The van der Waals surface area contributed by atoms with E-state index >= 15 is 0 Å². The van der Waals surface area contributed by atoms with Crippen molar-refractivity contribution in [1.29, 1.82) is 0 Å². The number of nitrogens with one attached hydrogen (secondary N) is 1. The molecule has 0 saturated carbocycles. The van der Waals surface area contributed by atoms with Crippen LogP contribution < -0.4 is 5.32 Å². The molecule has 2 aromatic rings. The molecule has 0 aliphatic rings. The highest BCUT2D eigenvalue weighted by Crippen LogP contribution is 2.26. The van der Waals surface area contributed by atoms with Crippen LogP contribution in [-0.2, 0) is 4.74 Å². The van der Waals surface area contributed by atoms with Crippen LogP contribution in [0.4, 0.5) is 0 Å². The van der Waals surface area contributed by atoms with E-state index in [4.69, 9.17) is 4.74 Å². The van der Waals surface area contributed by atoms with Gasteiger partial charge >= 0.3 is 0 Å². The molecule has 0 heterocycles. The number of hydrogen-bond acceptors (Lipinski definition) is 2. The fraction of sp³-hybridized carbons (Fsp3) is 0.294. The second-order valence-electron chi connectivity index (χ2n) is 4.57. The Bertz CT molecular complexity index is 504. The van der Waals surface area contributed by atoms with Gasteiger partial charge in [-0.3, -0.25) is 0 Å². The minimum atomic E-state index is -0.0112. The van der Waals surface area contributed by atoms with Crippen LogP contribution in [0.2, 0.25) is 0 Å². The van der Waals surface area contributed by atoms with Crippen LogP contribution in [0.3, 0.4) is 0 Å². The van der Waals surface area contributed by atoms with Gasteiger partial charge in [-0.25, -0.2) is 0 Å². The van der Waals surface area contributed by atoms with Gasteiger partial charge in [-0.2, -0.15) is 0 Å². The molecule has 21 heavy (non-hydrogen) atoms. The fourth-order valence-corrected chi connectivity index (χ4v) is 2.34. The van der Waals surface area contributed by atoms with Gasteiger partial charge in [0.2, 0.25) is 0 Å². The molecule has 0 aromatic heterocycles. The van der Waals surface area contributed by atoms with Crippen LogP contribution in [0.25, 0.3) is 0 Å². The van der Waals surface area contributed by atoms with E-state index in [-0.39, 0.29) is 18.5 Å². The lowest BCUT2D eigenvalue weighted by Crippen LogP contribution is -2.20. The monoisotopic (exact) mass is 369 g/mol. The summed E-state index contributed by atoms with van der Waals surface area (Å²) < 4.78 is 7.16. The van der Waals surface area contributed by atoms with Crippen LogP contribution in [0.5, 0.6) is 0 Å². The summed E-state index contributed by atoms with van der Waals surface area (Å²) >= 11 is 3.47. The van der Waals surface area contributed by atoms with E-state index in [9.17, 15) is 0 Å². The lowest BCUT2D eigenvalue weighted by molar-refractivity contribution is 0.0824. The quantitative estimate of drug-likeness (QED) is 0.720. The third-order valence-corrected chi connectivity index (χ3v) is 3.62. The first-order valence-electron chi connectivity index (χ1n) is 6.94. The third-order valence-electron chi connectivity index (χ3n) is 3.09. The van der Waals surface area contributed by atoms with Crippen molar-refractivity contribution >= 4 is 28.3 Å². The van der Waals surface area contributed by atoms with Crippen molar-refractivity contribution in [3.8, 4) is 0 Å². The van der Waals surface area contributed by atoms with Crippen LogP contribution in [0, 0.1) is 0 Å². The number of halogens is 2. The van der Waals surface area contributed by atoms with E-state index in [0.29, 0.717) is 6.61 Å². The minimum Gasteiger partial charge on any atom is -0.367 e. The van der Waals surface area contributed by atoms with Gasteiger partial charge in [0.1, 0.15) is 6.10 Å². The van der Waals surface area contributed by atoms with Crippen molar-refractivity contribution in [2.45, 2.75) is 13.0 Å². The molecular weight excluding hydrogens is 350 g/mol. The zero-order valence-corrected chi connectivity index (χ0v) is 14.5. The maximum absolute atomic E-state index is 6.08. The first-order chi connectivity index (χ1) is 9.81. The molecule has 0 spiro atoms. The largest absolute Gasteiger partial charge is 0.367 e. The summed E-state index contributed by atoms with van der Waals surface area (Å²) in [5, 5.41) is 3.28. The SMILES string of the molecule is CCNCCOC(c1ccccc1)c1ccc(Br)cc1.Cl. The lowest BCUT2D eigenvalue weighted by Gasteiger charge is -2.19. The van der Waals surface area contributed by atoms with Crippen molar-refractivity contribution in [2.24, 2.45) is 0 Å². The number of ether oxygens (including phenoxy) is 1. The average Bonchev–Trinajstić information content (AvgIpc) is 2.50. The number of benzene rings is 2. The summed E-state index contributed by atoms with van der Waals surface area (Å²) in [5.41, 5.74) is 2.36. The van der Waals surface area contributed by atoms with Crippen molar-refractivity contribution in [3.05, 3.63) is 70.2 Å². The summed E-state index contributed by atoms with van der Waals surface area (Å²) in [4.78, 5) is 0. The molecule has 0 aliphatic heterocycles. The molecule has 2 aromatic carbocycles. The van der Waals surface area contributed by atoms with E-state index in [2.05, 4.69) is 76.7 Å². The Morgan fingerprint density at radius 2 is 1.62 bits per heavy atom. The summed E-state index contributed by atoms with van der Waals surface area (Å²) in [6.07, 6.45) is -0.0112. The molecule has 0 aliphatic carbocycles. The average molecular weight is 371 g/mol. The molecule has 1 atom stereocenters. The molecule has 0 fully saturated rings. The van der Waals surface area contributed by atoms with Crippen LogP contribution in [0.15, 0.2) is 59.1 Å². The van der Waals surface area contributed by atoms with Crippen LogP contribution >= 0.6 is 28.3 Å². The van der Waals surface area contributed by atoms with Crippen LogP contribution in [0.1, 0.15) is 24.2 Å². The minimum absolute atomic E-state index is 0. The molecule has 0 amide bonds. The third kappa shape index (κ3) is 5.79.